The lowest BCUT2D eigenvalue weighted by Gasteiger charge is -2.08. The van der Waals surface area contributed by atoms with Crippen molar-refractivity contribution in [3.05, 3.63) is 42.4 Å². The summed E-state index contributed by atoms with van der Waals surface area (Å²) in [6.07, 6.45) is 4.95. The zero-order valence-electron chi connectivity index (χ0n) is 19.8. The standard InChI is InChI=1S/C19H21N5OS3.C2H5N.C2H6/c1-4-25-6-8-27-19-16(20)15-12(14-10-22-11(2)24(14)3)9-13(23-18(15)28-19)17-21-5-7-26-17;1-2-3;1-2/h5,7,9-10H,4,6,8,20H2,1-3H3;2H,1,3H2;1-2H3. The van der Waals surface area contributed by atoms with Crippen LogP contribution in [0.1, 0.15) is 26.6 Å². The number of anilines is 1. The fourth-order valence-electron chi connectivity index (χ4n) is 2.96. The minimum absolute atomic E-state index is 0.709. The van der Waals surface area contributed by atoms with Gasteiger partial charge < -0.3 is 20.8 Å². The number of pyridine rings is 1. The number of ether oxygens (including phenoxy) is 1. The lowest BCUT2D eigenvalue weighted by molar-refractivity contribution is 0.164. The monoisotopic (exact) mass is 504 g/mol. The van der Waals surface area contributed by atoms with E-state index in [1.54, 1.807) is 40.6 Å². The zero-order valence-corrected chi connectivity index (χ0v) is 22.2. The second-order valence-electron chi connectivity index (χ2n) is 6.41. The van der Waals surface area contributed by atoms with Crippen molar-refractivity contribution in [2.45, 2.75) is 31.9 Å². The number of nitrogens with zero attached hydrogens (tertiary/aromatic N) is 4. The second kappa shape index (κ2) is 13.3. The number of rotatable bonds is 7. The highest BCUT2D eigenvalue weighted by Crippen LogP contribution is 2.45. The SMILES string of the molecule is C=CN.CC.CCOCCSc1sc2nc(-c3nccs3)cc(-c3cnc(C)n3C)c2c1N. The van der Waals surface area contributed by atoms with Gasteiger partial charge in [0.15, 0.2) is 0 Å². The van der Waals surface area contributed by atoms with Crippen LogP contribution in [-0.4, -0.2) is 38.5 Å². The quantitative estimate of drug-likeness (QED) is 0.236. The van der Waals surface area contributed by atoms with Crippen LogP contribution in [0.4, 0.5) is 5.69 Å². The Balaban J connectivity index is 0.000000714. The van der Waals surface area contributed by atoms with E-state index in [2.05, 4.69) is 32.9 Å². The highest BCUT2D eigenvalue weighted by atomic mass is 32.2. The molecule has 0 aliphatic heterocycles. The summed E-state index contributed by atoms with van der Waals surface area (Å²) in [6.45, 7) is 12.6. The fraction of sp³-hybridized carbons (Fsp3) is 0.348. The van der Waals surface area contributed by atoms with E-state index in [-0.39, 0.29) is 0 Å². The summed E-state index contributed by atoms with van der Waals surface area (Å²) in [5.41, 5.74) is 14.9. The number of fused-ring (bicyclic) bond motifs is 1. The number of aromatic nitrogens is 4. The molecule has 33 heavy (non-hydrogen) atoms. The maximum Gasteiger partial charge on any atom is 0.141 e. The molecule has 0 bridgehead atoms. The summed E-state index contributed by atoms with van der Waals surface area (Å²) in [6, 6.07) is 2.08. The molecule has 0 spiro atoms. The Morgan fingerprint density at radius 1 is 1.30 bits per heavy atom. The molecular weight excluding hydrogens is 472 g/mol. The lowest BCUT2D eigenvalue weighted by atomic mass is 10.1. The van der Waals surface area contributed by atoms with Crippen LogP contribution in [0.2, 0.25) is 0 Å². The van der Waals surface area contributed by atoms with E-state index in [0.29, 0.717) is 6.61 Å². The van der Waals surface area contributed by atoms with Gasteiger partial charge in [0.1, 0.15) is 21.4 Å². The van der Waals surface area contributed by atoms with Gasteiger partial charge in [-0.25, -0.2) is 15.0 Å². The topological polar surface area (TPSA) is 105 Å². The van der Waals surface area contributed by atoms with Gasteiger partial charge in [0, 0.05) is 41.9 Å². The molecule has 4 aromatic heterocycles. The third-order valence-corrected chi connectivity index (χ3v) is 7.62. The van der Waals surface area contributed by atoms with Crippen LogP contribution in [-0.2, 0) is 11.8 Å². The Labute approximate surface area is 207 Å². The van der Waals surface area contributed by atoms with Crippen LogP contribution in [0.3, 0.4) is 0 Å². The number of thiophene rings is 1. The number of nitrogens with two attached hydrogens (primary N) is 2. The van der Waals surface area contributed by atoms with Crippen LogP contribution < -0.4 is 11.5 Å². The first kappa shape index (κ1) is 26.8. The van der Waals surface area contributed by atoms with Crippen molar-refractivity contribution in [2.75, 3.05) is 24.7 Å². The van der Waals surface area contributed by atoms with Crippen LogP contribution in [0, 0.1) is 6.92 Å². The third-order valence-electron chi connectivity index (χ3n) is 4.48. The number of thiazole rings is 1. The number of imidazole rings is 1. The number of hydrogen-bond donors (Lipinski definition) is 2. The predicted octanol–water partition coefficient (Wildman–Crippen LogP) is 5.95. The van der Waals surface area contributed by atoms with Crippen LogP contribution in [0.25, 0.3) is 32.2 Å². The molecule has 0 amide bonds. The van der Waals surface area contributed by atoms with E-state index in [1.807, 2.05) is 46.3 Å². The highest BCUT2D eigenvalue weighted by Gasteiger charge is 2.20. The molecule has 0 fully saturated rings. The van der Waals surface area contributed by atoms with Crippen molar-refractivity contribution >= 4 is 50.3 Å². The summed E-state index contributed by atoms with van der Waals surface area (Å²) in [7, 11) is 2.02. The van der Waals surface area contributed by atoms with Crippen LogP contribution in [0.15, 0.2) is 40.8 Å². The minimum atomic E-state index is 0.709. The summed E-state index contributed by atoms with van der Waals surface area (Å²) < 4.78 is 8.62. The van der Waals surface area contributed by atoms with Gasteiger partial charge in [-0.3, -0.25) is 0 Å². The first-order valence-corrected chi connectivity index (χ1v) is 13.3. The van der Waals surface area contributed by atoms with Gasteiger partial charge in [-0.1, -0.05) is 20.4 Å². The Morgan fingerprint density at radius 2 is 2.03 bits per heavy atom. The van der Waals surface area contributed by atoms with Crippen molar-refractivity contribution in [3.8, 4) is 22.0 Å². The van der Waals surface area contributed by atoms with Gasteiger partial charge >= 0.3 is 0 Å². The van der Waals surface area contributed by atoms with Crippen LogP contribution >= 0.6 is 34.4 Å². The Bertz CT molecular complexity index is 1150. The minimum Gasteiger partial charge on any atom is -0.405 e. The molecule has 0 unspecified atom stereocenters. The van der Waals surface area contributed by atoms with Crippen molar-refractivity contribution in [1.82, 2.24) is 19.5 Å². The normalized spacial score (nSPS) is 10.3. The molecule has 0 saturated carbocycles. The molecule has 7 nitrogen and oxygen atoms in total. The summed E-state index contributed by atoms with van der Waals surface area (Å²) in [5.74, 6) is 1.82. The van der Waals surface area contributed by atoms with Crippen molar-refractivity contribution in [3.63, 3.8) is 0 Å². The Morgan fingerprint density at radius 3 is 2.61 bits per heavy atom. The predicted molar refractivity (Wildman–Crippen MR) is 145 cm³/mol. The van der Waals surface area contributed by atoms with Crippen LogP contribution in [0.5, 0.6) is 0 Å². The van der Waals surface area contributed by atoms with Gasteiger partial charge in [0.25, 0.3) is 0 Å². The molecule has 0 radical (unpaired) electrons. The summed E-state index contributed by atoms with van der Waals surface area (Å²) >= 11 is 4.94. The van der Waals surface area contributed by atoms with Gasteiger partial charge in [0.05, 0.1) is 28.4 Å². The summed E-state index contributed by atoms with van der Waals surface area (Å²) in [4.78, 5) is 14.7. The molecule has 0 aliphatic rings. The Kier molecular flexibility index (Phi) is 10.9. The molecule has 4 N–H and O–H groups in total. The van der Waals surface area contributed by atoms with Gasteiger partial charge in [-0.15, -0.1) is 34.4 Å². The first-order chi connectivity index (χ1) is 16.0. The van der Waals surface area contributed by atoms with E-state index in [9.17, 15) is 0 Å². The molecule has 178 valence electrons. The smallest absolute Gasteiger partial charge is 0.141 e. The lowest BCUT2D eigenvalue weighted by Crippen LogP contribution is -1.97. The summed E-state index contributed by atoms with van der Waals surface area (Å²) in [5, 5.41) is 3.86. The average molecular weight is 505 g/mol. The van der Waals surface area contributed by atoms with E-state index < -0.39 is 0 Å². The van der Waals surface area contributed by atoms with Gasteiger partial charge in [0.2, 0.25) is 0 Å². The second-order valence-corrected chi connectivity index (χ2v) is 9.66. The molecule has 0 atom stereocenters. The van der Waals surface area contributed by atoms with E-state index in [4.69, 9.17) is 15.5 Å². The van der Waals surface area contributed by atoms with Crippen molar-refractivity contribution in [2.24, 2.45) is 12.8 Å². The first-order valence-electron chi connectivity index (χ1n) is 10.7. The molecule has 0 saturated heterocycles. The number of aryl methyl sites for hydroxylation is 1. The van der Waals surface area contributed by atoms with Crippen molar-refractivity contribution in [1.29, 1.82) is 0 Å². The molecule has 0 aromatic carbocycles. The largest absolute Gasteiger partial charge is 0.405 e. The average Bonchev–Trinajstić information content (AvgIpc) is 3.54. The molecule has 4 rings (SSSR count). The van der Waals surface area contributed by atoms with E-state index >= 15 is 0 Å². The van der Waals surface area contributed by atoms with E-state index in [0.717, 1.165) is 60.3 Å². The number of nitrogen functional groups attached to an aromatic ring is 1. The zero-order chi connectivity index (χ0) is 24.4. The molecule has 10 heteroatoms. The molecule has 0 aliphatic carbocycles. The highest BCUT2D eigenvalue weighted by molar-refractivity contribution is 8.01. The maximum absolute atomic E-state index is 6.58. The van der Waals surface area contributed by atoms with E-state index in [1.165, 1.54) is 6.20 Å². The van der Waals surface area contributed by atoms with Crippen molar-refractivity contribution < 1.29 is 4.74 Å². The third kappa shape index (κ3) is 6.35. The molecular formula is C23H32N6OS3. The number of thioether (sulfide) groups is 1. The van der Waals surface area contributed by atoms with Gasteiger partial charge in [-0.2, -0.15) is 0 Å². The number of hydrogen-bond acceptors (Lipinski definition) is 9. The maximum atomic E-state index is 6.58. The molecule has 4 aromatic rings. The van der Waals surface area contributed by atoms with Gasteiger partial charge in [-0.05, 0) is 26.1 Å². The fourth-order valence-corrected chi connectivity index (χ4v) is 5.78. The molecule has 4 heterocycles. The Hall–Kier alpha value is -2.40.